The molecule has 1 unspecified atom stereocenters. The van der Waals surface area contributed by atoms with Crippen molar-refractivity contribution in [3.05, 3.63) is 107 Å². The second-order valence-electron chi connectivity index (χ2n) is 9.87. The molecule has 1 aliphatic rings. The molecule has 182 valence electrons. The molecule has 0 saturated carbocycles. The number of methoxy groups -OCH3 is 1. The number of carbonyl (C=O) groups excluding carboxylic acids is 2. The number of Topliss-reactive ketones (excluding diaryl/α,β-unsaturated/α-hetero) is 1. The number of benzene rings is 3. The van der Waals surface area contributed by atoms with E-state index in [9.17, 15) is 14.7 Å². The average Bonchev–Trinajstić information content (AvgIpc) is 3.43. The van der Waals surface area contributed by atoms with Crippen LogP contribution < -0.4 is 9.64 Å². The standard InChI is InChI=1S/C30H27NO5/c1-30(2,3)20-15-13-18(14-16-20)25-24(27(33)29(34)31(25)21-10-6-5-7-11-21)26(32)23-17-19-9-8-12-22(35-4)28(19)36-23/h5-17,25,33H,1-4H3. The number of fused-ring (bicyclic) bond motifs is 1. The first kappa shape index (κ1) is 23.4. The molecular weight excluding hydrogens is 454 g/mol. The molecule has 1 aromatic heterocycles. The normalized spacial score (nSPS) is 16.2. The van der Waals surface area contributed by atoms with Crippen LogP contribution in [0.25, 0.3) is 11.0 Å². The van der Waals surface area contributed by atoms with Crippen molar-refractivity contribution < 1.29 is 23.8 Å². The van der Waals surface area contributed by atoms with Crippen LogP contribution >= 0.6 is 0 Å². The van der Waals surface area contributed by atoms with Crippen molar-refractivity contribution in [1.29, 1.82) is 0 Å². The summed E-state index contributed by atoms with van der Waals surface area (Å²) in [5.41, 5.74) is 2.75. The number of carbonyl (C=O) groups is 2. The van der Waals surface area contributed by atoms with Gasteiger partial charge in [0, 0.05) is 11.1 Å². The Morgan fingerprint density at radius 3 is 2.31 bits per heavy atom. The van der Waals surface area contributed by atoms with Gasteiger partial charge in [-0.25, -0.2) is 0 Å². The highest BCUT2D eigenvalue weighted by atomic mass is 16.5. The highest BCUT2D eigenvalue weighted by Gasteiger charge is 2.45. The maximum absolute atomic E-state index is 13.8. The van der Waals surface area contributed by atoms with Crippen LogP contribution in [-0.2, 0) is 10.2 Å². The van der Waals surface area contributed by atoms with Gasteiger partial charge in [0.1, 0.15) is 0 Å². The van der Waals surface area contributed by atoms with Crippen molar-refractivity contribution in [3.63, 3.8) is 0 Å². The maximum Gasteiger partial charge on any atom is 0.294 e. The van der Waals surface area contributed by atoms with E-state index >= 15 is 0 Å². The van der Waals surface area contributed by atoms with Crippen LogP contribution in [0, 0.1) is 0 Å². The summed E-state index contributed by atoms with van der Waals surface area (Å²) in [4.78, 5) is 28.6. The molecule has 4 aromatic rings. The van der Waals surface area contributed by atoms with Crippen LogP contribution in [0.3, 0.4) is 0 Å². The predicted molar refractivity (Wildman–Crippen MR) is 139 cm³/mol. The Balaban J connectivity index is 1.65. The summed E-state index contributed by atoms with van der Waals surface area (Å²) >= 11 is 0. The van der Waals surface area contributed by atoms with Gasteiger partial charge in [-0.15, -0.1) is 0 Å². The molecule has 5 rings (SSSR count). The molecule has 0 saturated heterocycles. The molecule has 2 heterocycles. The number of anilines is 1. The van der Waals surface area contributed by atoms with Crippen LogP contribution in [-0.4, -0.2) is 23.9 Å². The Kier molecular flexibility index (Phi) is 5.67. The number of aliphatic hydroxyl groups excluding tert-OH is 1. The van der Waals surface area contributed by atoms with E-state index in [1.54, 1.807) is 30.3 Å². The summed E-state index contributed by atoms with van der Waals surface area (Å²) in [5.74, 6) is -1.26. The Morgan fingerprint density at radius 2 is 1.67 bits per heavy atom. The Labute approximate surface area is 209 Å². The highest BCUT2D eigenvalue weighted by Crippen LogP contribution is 2.43. The van der Waals surface area contributed by atoms with Crippen LogP contribution in [0.2, 0.25) is 0 Å². The Morgan fingerprint density at radius 1 is 0.972 bits per heavy atom. The molecule has 1 amide bonds. The number of nitrogens with zero attached hydrogens (tertiary/aromatic N) is 1. The van der Waals surface area contributed by atoms with Gasteiger partial charge in [0.05, 0.1) is 18.7 Å². The zero-order valence-corrected chi connectivity index (χ0v) is 20.6. The van der Waals surface area contributed by atoms with Crippen LogP contribution in [0.1, 0.15) is 48.5 Å². The molecule has 1 aliphatic heterocycles. The summed E-state index contributed by atoms with van der Waals surface area (Å²) < 4.78 is 11.2. The first-order valence-corrected chi connectivity index (χ1v) is 11.7. The van der Waals surface area contributed by atoms with Gasteiger partial charge >= 0.3 is 0 Å². The van der Waals surface area contributed by atoms with Gasteiger partial charge in [0.25, 0.3) is 5.91 Å². The topological polar surface area (TPSA) is 80.0 Å². The fraction of sp³-hybridized carbons (Fsp3) is 0.200. The van der Waals surface area contributed by atoms with Crippen molar-refractivity contribution in [2.45, 2.75) is 32.2 Å². The minimum atomic E-state index is -0.823. The summed E-state index contributed by atoms with van der Waals surface area (Å²) in [6.45, 7) is 6.36. The molecular formula is C30H27NO5. The highest BCUT2D eigenvalue weighted by molar-refractivity contribution is 6.20. The van der Waals surface area contributed by atoms with Gasteiger partial charge in [0.2, 0.25) is 5.78 Å². The van der Waals surface area contributed by atoms with Gasteiger partial charge in [-0.1, -0.05) is 75.4 Å². The van der Waals surface area contributed by atoms with Crippen molar-refractivity contribution >= 4 is 28.3 Å². The number of rotatable bonds is 5. The predicted octanol–water partition coefficient (Wildman–Crippen LogP) is 6.52. The lowest BCUT2D eigenvalue weighted by Gasteiger charge is -2.27. The van der Waals surface area contributed by atoms with Gasteiger partial charge < -0.3 is 14.3 Å². The first-order chi connectivity index (χ1) is 17.2. The fourth-order valence-electron chi connectivity index (χ4n) is 4.61. The van der Waals surface area contributed by atoms with E-state index in [0.717, 1.165) is 5.56 Å². The minimum absolute atomic E-state index is 0.0228. The third-order valence-corrected chi connectivity index (χ3v) is 6.53. The van der Waals surface area contributed by atoms with Crippen LogP contribution in [0.5, 0.6) is 5.75 Å². The molecule has 6 heteroatoms. The van der Waals surface area contributed by atoms with Gasteiger partial charge in [0.15, 0.2) is 22.9 Å². The fourth-order valence-corrected chi connectivity index (χ4v) is 4.61. The Hall–Kier alpha value is -4.32. The quantitative estimate of drug-likeness (QED) is 0.328. The number of ether oxygens (including phenoxy) is 1. The van der Waals surface area contributed by atoms with E-state index in [0.29, 0.717) is 28.0 Å². The molecule has 36 heavy (non-hydrogen) atoms. The van der Waals surface area contributed by atoms with Crippen molar-refractivity contribution in [2.24, 2.45) is 0 Å². The number of para-hydroxylation sites is 2. The smallest absolute Gasteiger partial charge is 0.294 e. The zero-order valence-electron chi connectivity index (χ0n) is 20.6. The molecule has 0 radical (unpaired) electrons. The lowest BCUT2D eigenvalue weighted by atomic mass is 9.85. The SMILES string of the molecule is COc1cccc2cc(C(=O)C3=C(O)C(=O)N(c4ccccc4)C3c3ccc(C(C)(C)C)cc3)oc12. The van der Waals surface area contributed by atoms with Crippen molar-refractivity contribution in [3.8, 4) is 5.75 Å². The number of hydrogen-bond acceptors (Lipinski definition) is 5. The van der Waals surface area contributed by atoms with Crippen molar-refractivity contribution in [2.75, 3.05) is 12.0 Å². The summed E-state index contributed by atoms with van der Waals surface area (Å²) in [7, 11) is 1.53. The summed E-state index contributed by atoms with van der Waals surface area (Å²) in [6.07, 6.45) is 0. The van der Waals surface area contributed by atoms with Gasteiger partial charge in [-0.3, -0.25) is 14.5 Å². The lowest BCUT2D eigenvalue weighted by molar-refractivity contribution is -0.117. The van der Waals surface area contributed by atoms with Crippen LogP contribution in [0.4, 0.5) is 5.69 Å². The van der Waals surface area contributed by atoms with Gasteiger partial charge in [-0.2, -0.15) is 0 Å². The number of amides is 1. The summed E-state index contributed by atoms with van der Waals surface area (Å²) in [6, 6.07) is 23.0. The van der Waals surface area contributed by atoms with E-state index in [4.69, 9.17) is 9.15 Å². The van der Waals surface area contributed by atoms with E-state index in [1.807, 2.05) is 48.5 Å². The van der Waals surface area contributed by atoms with Crippen molar-refractivity contribution in [1.82, 2.24) is 0 Å². The van der Waals surface area contributed by atoms with E-state index < -0.39 is 23.5 Å². The van der Waals surface area contributed by atoms with Gasteiger partial charge in [-0.05, 0) is 40.8 Å². The molecule has 3 aromatic carbocycles. The van der Waals surface area contributed by atoms with Crippen LogP contribution in [0.15, 0.2) is 94.6 Å². The van der Waals surface area contributed by atoms with E-state index in [1.165, 1.54) is 12.0 Å². The molecule has 0 aliphatic carbocycles. The molecule has 6 nitrogen and oxygen atoms in total. The maximum atomic E-state index is 13.8. The zero-order chi connectivity index (χ0) is 25.6. The second kappa shape index (κ2) is 8.72. The number of hydrogen-bond donors (Lipinski definition) is 1. The molecule has 0 fully saturated rings. The average molecular weight is 482 g/mol. The summed E-state index contributed by atoms with van der Waals surface area (Å²) in [5, 5.41) is 11.7. The third-order valence-electron chi connectivity index (χ3n) is 6.53. The molecule has 0 bridgehead atoms. The molecule has 1 atom stereocenters. The molecule has 1 N–H and O–H groups in total. The van der Waals surface area contributed by atoms with E-state index in [-0.39, 0.29) is 16.7 Å². The molecule has 0 spiro atoms. The third kappa shape index (κ3) is 3.85. The first-order valence-electron chi connectivity index (χ1n) is 11.7. The lowest BCUT2D eigenvalue weighted by Crippen LogP contribution is -2.31. The monoisotopic (exact) mass is 481 g/mol. The minimum Gasteiger partial charge on any atom is -0.503 e. The largest absolute Gasteiger partial charge is 0.503 e. The number of aliphatic hydroxyl groups is 1. The van der Waals surface area contributed by atoms with E-state index in [2.05, 4.69) is 20.8 Å². The second-order valence-corrected chi connectivity index (χ2v) is 9.87. The number of furan rings is 1. The number of ketones is 1. The Bertz CT molecular complexity index is 1490.